The van der Waals surface area contributed by atoms with Gasteiger partial charge in [-0.3, -0.25) is 0 Å². The van der Waals surface area contributed by atoms with Crippen molar-refractivity contribution in [1.29, 1.82) is 0 Å². The molecule has 0 amide bonds. The SMILES string of the molecule is COCC1(CC(C)OC)c2ccccc2-c2ccccc21. The lowest BCUT2D eigenvalue weighted by Crippen LogP contribution is -2.34. The molecule has 2 heteroatoms. The average Bonchev–Trinajstić information content (AvgIpc) is 2.79. The molecule has 2 nitrogen and oxygen atoms in total. The number of ether oxygens (including phenoxy) is 2. The van der Waals surface area contributed by atoms with Crippen LogP contribution in [-0.4, -0.2) is 26.9 Å². The summed E-state index contributed by atoms with van der Waals surface area (Å²) in [7, 11) is 3.56. The molecule has 0 saturated carbocycles. The normalized spacial score (nSPS) is 16.3. The summed E-state index contributed by atoms with van der Waals surface area (Å²) in [6.45, 7) is 2.80. The Labute approximate surface area is 126 Å². The van der Waals surface area contributed by atoms with Gasteiger partial charge in [-0.15, -0.1) is 0 Å². The van der Waals surface area contributed by atoms with Crippen molar-refractivity contribution >= 4 is 0 Å². The first-order valence-electron chi connectivity index (χ1n) is 7.44. The van der Waals surface area contributed by atoms with E-state index >= 15 is 0 Å². The molecule has 0 spiro atoms. The molecule has 0 radical (unpaired) electrons. The smallest absolute Gasteiger partial charge is 0.0601 e. The van der Waals surface area contributed by atoms with Gasteiger partial charge < -0.3 is 9.47 Å². The minimum atomic E-state index is -0.114. The Hall–Kier alpha value is -1.64. The van der Waals surface area contributed by atoms with Crippen LogP contribution in [0.4, 0.5) is 0 Å². The van der Waals surface area contributed by atoms with Crippen molar-refractivity contribution in [2.45, 2.75) is 24.9 Å². The maximum atomic E-state index is 5.63. The van der Waals surface area contributed by atoms with Crippen LogP contribution in [-0.2, 0) is 14.9 Å². The number of rotatable bonds is 5. The van der Waals surface area contributed by atoms with Gasteiger partial charge in [0.15, 0.2) is 0 Å². The van der Waals surface area contributed by atoms with E-state index in [0.29, 0.717) is 6.61 Å². The van der Waals surface area contributed by atoms with Gasteiger partial charge in [0, 0.05) is 19.6 Å². The van der Waals surface area contributed by atoms with Crippen LogP contribution < -0.4 is 0 Å². The van der Waals surface area contributed by atoms with E-state index in [1.165, 1.54) is 22.3 Å². The highest BCUT2D eigenvalue weighted by atomic mass is 16.5. The van der Waals surface area contributed by atoms with Crippen LogP contribution >= 0.6 is 0 Å². The van der Waals surface area contributed by atoms with Gasteiger partial charge in [0.2, 0.25) is 0 Å². The molecule has 2 aromatic rings. The van der Waals surface area contributed by atoms with Crippen molar-refractivity contribution < 1.29 is 9.47 Å². The van der Waals surface area contributed by atoms with E-state index in [-0.39, 0.29) is 11.5 Å². The maximum absolute atomic E-state index is 5.63. The van der Waals surface area contributed by atoms with Gasteiger partial charge in [-0.25, -0.2) is 0 Å². The topological polar surface area (TPSA) is 18.5 Å². The molecule has 110 valence electrons. The summed E-state index contributed by atoms with van der Waals surface area (Å²) in [5.74, 6) is 0. The van der Waals surface area contributed by atoms with E-state index in [4.69, 9.17) is 9.47 Å². The second-order valence-corrected chi connectivity index (χ2v) is 5.86. The lowest BCUT2D eigenvalue weighted by Gasteiger charge is -2.33. The Morgan fingerprint density at radius 2 is 1.43 bits per heavy atom. The van der Waals surface area contributed by atoms with Crippen LogP contribution in [0.15, 0.2) is 48.5 Å². The molecule has 0 fully saturated rings. The van der Waals surface area contributed by atoms with Crippen LogP contribution in [0.2, 0.25) is 0 Å². The molecule has 0 aromatic heterocycles. The highest BCUT2D eigenvalue weighted by molar-refractivity contribution is 5.81. The molecule has 0 bridgehead atoms. The highest BCUT2D eigenvalue weighted by Crippen LogP contribution is 2.51. The molecule has 2 aromatic carbocycles. The summed E-state index contributed by atoms with van der Waals surface area (Å²) in [6, 6.07) is 17.3. The summed E-state index contributed by atoms with van der Waals surface area (Å²) in [6.07, 6.45) is 1.10. The molecule has 21 heavy (non-hydrogen) atoms. The van der Waals surface area contributed by atoms with Gasteiger partial charge >= 0.3 is 0 Å². The number of fused-ring (bicyclic) bond motifs is 3. The van der Waals surface area contributed by atoms with Gasteiger partial charge in [-0.2, -0.15) is 0 Å². The second kappa shape index (κ2) is 5.63. The molecule has 1 unspecified atom stereocenters. The zero-order valence-corrected chi connectivity index (χ0v) is 12.9. The van der Waals surface area contributed by atoms with Crippen molar-refractivity contribution in [3.05, 3.63) is 59.7 Å². The quantitative estimate of drug-likeness (QED) is 0.824. The summed E-state index contributed by atoms with van der Waals surface area (Å²) in [5, 5.41) is 0. The third-order valence-corrected chi connectivity index (χ3v) is 4.60. The molecule has 1 aliphatic carbocycles. The largest absolute Gasteiger partial charge is 0.383 e. The molecular weight excluding hydrogens is 260 g/mol. The van der Waals surface area contributed by atoms with E-state index in [0.717, 1.165) is 6.42 Å². The van der Waals surface area contributed by atoms with Gasteiger partial charge in [-0.05, 0) is 35.6 Å². The minimum absolute atomic E-state index is 0.114. The van der Waals surface area contributed by atoms with Crippen molar-refractivity contribution in [3.8, 4) is 11.1 Å². The number of hydrogen-bond acceptors (Lipinski definition) is 2. The molecule has 0 heterocycles. The number of benzene rings is 2. The van der Waals surface area contributed by atoms with E-state index in [1.54, 1.807) is 14.2 Å². The summed E-state index contributed by atoms with van der Waals surface area (Å²) >= 11 is 0. The van der Waals surface area contributed by atoms with Crippen LogP contribution in [0, 0.1) is 0 Å². The molecule has 0 N–H and O–H groups in total. The highest BCUT2D eigenvalue weighted by Gasteiger charge is 2.43. The first kappa shape index (κ1) is 14.3. The molecule has 0 saturated heterocycles. The van der Waals surface area contributed by atoms with E-state index < -0.39 is 0 Å². The van der Waals surface area contributed by atoms with Crippen molar-refractivity contribution in [2.24, 2.45) is 0 Å². The summed E-state index contributed by atoms with van der Waals surface area (Å²) < 4.78 is 11.2. The van der Waals surface area contributed by atoms with Crippen molar-refractivity contribution in [2.75, 3.05) is 20.8 Å². The average molecular weight is 282 g/mol. The van der Waals surface area contributed by atoms with E-state index in [2.05, 4.69) is 55.5 Å². The standard InChI is InChI=1S/C19H22O2/c1-14(21-3)12-19(13-20-2)17-10-6-4-8-15(17)16-9-5-7-11-18(16)19/h4-11,14H,12-13H2,1-3H3. The monoisotopic (exact) mass is 282 g/mol. The van der Waals surface area contributed by atoms with Gasteiger partial charge in [0.05, 0.1) is 12.7 Å². The lowest BCUT2D eigenvalue weighted by atomic mass is 9.74. The Kier molecular flexibility index (Phi) is 3.83. The number of hydrogen-bond donors (Lipinski definition) is 0. The fraction of sp³-hybridized carbons (Fsp3) is 0.368. The Morgan fingerprint density at radius 1 is 0.905 bits per heavy atom. The molecular formula is C19H22O2. The predicted molar refractivity (Wildman–Crippen MR) is 85.6 cm³/mol. The first-order valence-corrected chi connectivity index (χ1v) is 7.44. The first-order chi connectivity index (χ1) is 10.2. The molecule has 3 rings (SSSR count). The van der Waals surface area contributed by atoms with E-state index in [1.807, 2.05) is 0 Å². The lowest BCUT2D eigenvalue weighted by molar-refractivity contribution is 0.0676. The third kappa shape index (κ3) is 2.19. The third-order valence-electron chi connectivity index (χ3n) is 4.60. The van der Waals surface area contributed by atoms with Crippen LogP contribution in [0.25, 0.3) is 11.1 Å². The fourth-order valence-electron chi connectivity index (χ4n) is 3.67. The zero-order valence-electron chi connectivity index (χ0n) is 12.9. The molecule has 1 aliphatic rings. The van der Waals surface area contributed by atoms with Crippen LogP contribution in [0.1, 0.15) is 24.5 Å². The zero-order chi connectivity index (χ0) is 14.9. The van der Waals surface area contributed by atoms with E-state index in [9.17, 15) is 0 Å². The Morgan fingerprint density at radius 3 is 1.90 bits per heavy atom. The molecule has 0 aliphatic heterocycles. The van der Waals surface area contributed by atoms with Gasteiger partial charge in [-0.1, -0.05) is 48.5 Å². The minimum Gasteiger partial charge on any atom is -0.383 e. The maximum Gasteiger partial charge on any atom is 0.0601 e. The van der Waals surface area contributed by atoms with Gasteiger partial charge in [0.25, 0.3) is 0 Å². The van der Waals surface area contributed by atoms with Crippen molar-refractivity contribution in [1.82, 2.24) is 0 Å². The fourth-order valence-corrected chi connectivity index (χ4v) is 3.67. The van der Waals surface area contributed by atoms with Crippen LogP contribution in [0.3, 0.4) is 0 Å². The Bertz CT molecular complexity index is 587. The van der Waals surface area contributed by atoms with Crippen LogP contribution in [0.5, 0.6) is 0 Å². The van der Waals surface area contributed by atoms with Gasteiger partial charge in [0.1, 0.15) is 0 Å². The predicted octanol–water partition coefficient (Wildman–Crippen LogP) is 4.02. The summed E-state index contributed by atoms with van der Waals surface area (Å²) in [4.78, 5) is 0. The second-order valence-electron chi connectivity index (χ2n) is 5.86. The number of methoxy groups -OCH3 is 2. The Balaban J connectivity index is 2.22. The van der Waals surface area contributed by atoms with Crippen molar-refractivity contribution in [3.63, 3.8) is 0 Å². The summed E-state index contributed by atoms with van der Waals surface area (Å²) in [5.41, 5.74) is 5.26. The molecule has 1 atom stereocenters.